The maximum atomic E-state index is 12.4. The van der Waals surface area contributed by atoms with Crippen LogP contribution in [0.4, 0.5) is 5.69 Å². The minimum Gasteiger partial charge on any atom is -0.484 e. The number of carbonyl (C=O) groups is 3. The Balaban J connectivity index is 1.62. The summed E-state index contributed by atoms with van der Waals surface area (Å²) in [5.41, 5.74) is 2.49. The Morgan fingerprint density at radius 1 is 1.00 bits per heavy atom. The first-order valence-corrected chi connectivity index (χ1v) is 9.58. The summed E-state index contributed by atoms with van der Waals surface area (Å²) >= 11 is 5.07. The lowest BCUT2D eigenvalue weighted by molar-refractivity contribution is -0.132. The molecule has 154 valence electrons. The normalized spacial score (nSPS) is 14.1. The number of hydrogen-bond acceptors (Lipinski definition) is 5. The number of nitrogens with zero attached hydrogens (tertiary/aromatic N) is 2. The average Bonchev–Trinajstić information content (AvgIpc) is 2.75. The molecule has 7 nitrogen and oxygen atoms in total. The molecule has 0 unspecified atom stereocenters. The van der Waals surface area contributed by atoms with E-state index in [1.165, 1.54) is 30.0 Å². The lowest BCUT2D eigenvalue weighted by Gasteiger charge is -2.31. The maximum absolute atomic E-state index is 12.4. The number of carbonyl (C=O) groups excluding carboxylic acids is 3. The minimum absolute atomic E-state index is 0.0275. The van der Waals surface area contributed by atoms with Gasteiger partial charge in [0.05, 0.1) is 0 Å². The molecule has 0 saturated carbocycles. The molecule has 0 aromatic heterocycles. The van der Waals surface area contributed by atoms with E-state index < -0.39 is 11.8 Å². The van der Waals surface area contributed by atoms with Crippen LogP contribution in [-0.4, -0.2) is 53.3 Å². The van der Waals surface area contributed by atoms with E-state index in [0.29, 0.717) is 17.0 Å². The first-order valence-electron chi connectivity index (χ1n) is 9.17. The zero-order valence-corrected chi connectivity index (χ0v) is 17.7. The zero-order chi connectivity index (χ0) is 21.8. The third-order valence-corrected chi connectivity index (χ3v) is 5.09. The lowest BCUT2D eigenvalue weighted by Crippen LogP contribution is -2.52. The van der Waals surface area contributed by atoms with Crippen molar-refractivity contribution in [2.45, 2.75) is 6.92 Å². The molecule has 0 bridgehead atoms. The molecule has 0 spiro atoms. The lowest BCUT2D eigenvalue weighted by atomic mass is 10.1. The molecule has 1 aliphatic heterocycles. The van der Waals surface area contributed by atoms with Crippen LogP contribution in [0.1, 0.15) is 11.1 Å². The molecule has 0 atom stereocenters. The third kappa shape index (κ3) is 4.72. The fourth-order valence-corrected chi connectivity index (χ4v) is 2.95. The Labute approximate surface area is 179 Å². The van der Waals surface area contributed by atoms with Gasteiger partial charge in [-0.25, -0.2) is 0 Å². The van der Waals surface area contributed by atoms with Crippen LogP contribution in [0.15, 0.2) is 54.1 Å². The fraction of sp³-hybridized carbons (Fsp3) is 0.182. The second-order valence-corrected chi connectivity index (χ2v) is 7.21. The van der Waals surface area contributed by atoms with E-state index in [4.69, 9.17) is 17.0 Å². The van der Waals surface area contributed by atoms with Crippen LogP contribution in [0.25, 0.3) is 6.08 Å². The molecule has 2 aromatic carbocycles. The molecule has 0 aliphatic carbocycles. The van der Waals surface area contributed by atoms with Crippen molar-refractivity contribution in [3.63, 3.8) is 0 Å². The molecule has 30 heavy (non-hydrogen) atoms. The van der Waals surface area contributed by atoms with E-state index in [9.17, 15) is 14.4 Å². The Bertz CT molecular complexity index is 1000. The molecular formula is C22H21N3O4S. The van der Waals surface area contributed by atoms with Crippen LogP contribution in [0.3, 0.4) is 0 Å². The van der Waals surface area contributed by atoms with Crippen molar-refractivity contribution in [1.82, 2.24) is 9.80 Å². The molecule has 1 N–H and O–H groups in total. The van der Waals surface area contributed by atoms with Crippen molar-refractivity contribution in [3.05, 3.63) is 65.2 Å². The van der Waals surface area contributed by atoms with Crippen LogP contribution in [0.2, 0.25) is 0 Å². The van der Waals surface area contributed by atoms with E-state index in [0.717, 1.165) is 5.56 Å². The van der Waals surface area contributed by atoms with Gasteiger partial charge in [-0.2, -0.15) is 0 Å². The number of thiocarbonyl (C=S) groups is 1. The predicted molar refractivity (Wildman–Crippen MR) is 118 cm³/mol. The first-order chi connectivity index (χ1) is 14.3. The number of benzene rings is 2. The summed E-state index contributed by atoms with van der Waals surface area (Å²) in [6.45, 7) is 1.83. The number of aryl methyl sites for hydroxylation is 1. The van der Waals surface area contributed by atoms with Crippen molar-refractivity contribution in [3.8, 4) is 5.75 Å². The van der Waals surface area contributed by atoms with Gasteiger partial charge in [0, 0.05) is 19.8 Å². The van der Waals surface area contributed by atoms with Crippen LogP contribution < -0.4 is 10.1 Å². The van der Waals surface area contributed by atoms with Gasteiger partial charge < -0.3 is 10.1 Å². The molecule has 1 heterocycles. The van der Waals surface area contributed by atoms with E-state index in [1.807, 2.05) is 31.2 Å². The number of anilines is 1. The van der Waals surface area contributed by atoms with Crippen molar-refractivity contribution < 1.29 is 19.1 Å². The largest absolute Gasteiger partial charge is 0.484 e. The second kappa shape index (κ2) is 8.87. The Morgan fingerprint density at radius 3 is 2.13 bits per heavy atom. The van der Waals surface area contributed by atoms with Gasteiger partial charge in [0.1, 0.15) is 11.3 Å². The Morgan fingerprint density at radius 2 is 1.57 bits per heavy atom. The highest BCUT2D eigenvalue weighted by molar-refractivity contribution is 7.80. The van der Waals surface area contributed by atoms with Crippen molar-refractivity contribution >= 4 is 46.8 Å². The molecule has 1 aliphatic rings. The zero-order valence-electron chi connectivity index (χ0n) is 16.8. The summed E-state index contributed by atoms with van der Waals surface area (Å²) < 4.78 is 5.50. The molecule has 1 saturated heterocycles. The SMILES string of the molecule is Cc1ccc(NC(=O)COc2ccc(C=C3C(=O)N(C)C(=S)N(C)C3=O)cc2)cc1. The Hall–Kier alpha value is -3.52. The number of hydrogen-bond donors (Lipinski definition) is 1. The number of likely N-dealkylation sites (N-methyl/N-ethyl adjacent to an activating group) is 2. The summed E-state index contributed by atoms with van der Waals surface area (Å²) in [5, 5.41) is 2.92. The topological polar surface area (TPSA) is 79.0 Å². The molecule has 3 amide bonds. The summed E-state index contributed by atoms with van der Waals surface area (Å²) in [7, 11) is 3.06. The van der Waals surface area contributed by atoms with Crippen LogP contribution in [0, 0.1) is 6.92 Å². The highest BCUT2D eigenvalue weighted by Crippen LogP contribution is 2.20. The second-order valence-electron chi connectivity index (χ2n) is 6.84. The summed E-state index contributed by atoms with van der Waals surface area (Å²) in [6.07, 6.45) is 1.51. The first kappa shape index (κ1) is 21.2. The van der Waals surface area contributed by atoms with E-state index in [1.54, 1.807) is 24.3 Å². The number of nitrogens with one attached hydrogen (secondary N) is 1. The summed E-state index contributed by atoms with van der Waals surface area (Å²) in [4.78, 5) is 39.3. The van der Waals surface area contributed by atoms with Gasteiger partial charge >= 0.3 is 0 Å². The van der Waals surface area contributed by atoms with E-state index in [2.05, 4.69) is 5.32 Å². The molecule has 2 aromatic rings. The standard InChI is InChI=1S/C22H21N3O4S/c1-14-4-8-16(9-5-14)23-19(26)13-29-17-10-6-15(7-11-17)12-18-20(27)24(2)22(30)25(3)21(18)28/h4-12H,13H2,1-3H3,(H,23,26). The van der Waals surface area contributed by atoms with E-state index in [-0.39, 0.29) is 23.2 Å². The van der Waals surface area contributed by atoms with Gasteiger partial charge in [0.15, 0.2) is 11.7 Å². The number of ether oxygens (including phenoxy) is 1. The molecular weight excluding hydrogens is 402 g/mol. The highest BCUT2D eigenvalue weighted by Gasteiger charge is 2.35. The van der Waals surface area contributed by atoms with Gasteiger partial charge in [-0.3, -0.25) is 24.2 Å². The van der Waals surface area contributed by atoms with Crippen LogP contribution in [-0.2, 0) is 14.4 Å². The maximum Gasteiger partial charge on any atom is 0.265 e. The van der Waals surface area contributed by atoms with Crippen LogP contribution >= 0.6 is 12.2 Å². The van der Waals surface area contributed by atoms with Gasteiger partial charge in [0.2, 0.25) is 0 Å². The summed E-state index contributed by atoms with van der Waals surface area (Å²) in [5.74, 6) is -0.675. The van der Waals surface area contributed by atoms with Gasteiger partial charge in [-0.15, -0.1) is 0 Å². The molecule has 3 rings (SSSR count). The third-order valence-electron chi connectivity index (χ3n) is 4.54. The smallest absolute Gasteiger partial charge is 0.265 e. The molecule has 8 heteroatoms. The highest BCUT2D eigenvalue weighted by atomic mass is 32.1. The van der Waals surface area contributed by atoms with Crippen molar-refractivity contribution in [1.29, 1.82) is 0 Å². The molecule has 1 fully saturated rings. The van der Waals surface area contributed by atoms with Crippen molar-refractivity contribution in [2.24, 2.45) is 0 Å². The number of amides is 3. The van der Waals surface area contributed by atoms with Gasteiger partial charge in [-0.1, -0.05) is 29.8 Å². The van der Waals surface area contributed by atoms with E-state index >= 15 is 0 Å². The Kier molecular flexibility index (Phi) is 6.27. The van der Waals surface area contributed by atoms with Crippen molar-refractivity contribution in [2.75, 3.05) is 26.0 Å². The molecule has 0 radical (unpaired) electrons. The minimum atomic E-state index is -0.448. The number of rotatable bonds is 5. The average molecular weight is 423 g/mol. The monoisotopic (exact) mass is 423 g/mol. The fourth-order valence-electron chi connectivity index (χ4n) is 2.78. The predicted octanol–water partition coefficient (Wildman–Crippen LogP) is 2.61. The van der Waals surface area contributed by atoms with Gasteiger partial charge in [-0.05, 0) is 55.0 Å². The summed E-state index contributed by atoms with van der Waals surface area (Å²) in [6, 6.07) is 14.2. The quantitative estimate of drug-likeness (QED) is 0.454. The van der Waals surface area contributed by atoms with Gasteiger partial charge in [0.25, 0.3) is 17.7 Å². The van der Waals surface area contributed by atoms with Crippen LogP contribution in [0.5, 0.6) is 5.75 Å².